The highest BCUT2D eigenvalue weighted by Crippen LogP contribution is 2.15. The van der Waals surface area contributed by atoms with E-state index in [1.165, 1.54) is 0 Å². The molecule has 0 aromatic heterocycles. The summed E-state index contributed by atoms with van der Waals surface area (Å²) in [4.78, 5) is 0. The zero-order valence-electron chi connectivity index (χ0n) is 9.22. The zero-order chi connectivity index (χ0) is 10.5. The van der Waals surface area contributed by atoms with Crippen LogP contribution in [0, 0.1) is 11.3 Å². The van der Waals surface area contributed by atoms with E-state index in [0.717, 1.165) is 12.0 Å². The molecule has 0 saturated heterocycles. The Morgan fingerprint density at radius 3 is 2.31 bits per heavy atom. The van der Waals surface area contributed by atoms with E-state index in [9.17, 15) is 0 Å². The van der Waals surface area contributed by atoms with E-state index in [0.29, 0.717) is 0 Å². The first kappa shape index (κ1) is 12.4. The summed E-state index contributed by atoms with van der Waals surface area (Å²) in [5, 5.41) is 8.93. The van der Waals surface area contributed by atoms with Gasteiger partial charge in [-0.1, -0.05) is 13.0 Å². The second kappa shape index (κ2) is 5.20. The molecule has 0 heterocycles. The van der Waals surface area contributed by atoms with Crippen LogP contribution in [0.25, 0.3) is 0 Å². The van der Waals surface area contributed by atoms with Crippen molar-refractivity contribution in [2.45, 2.75) is 46.0 Å². The smallest absolute Gasteiger partial charge is 0.185 e. The van der Waals surface area contributed by atoms with Crippen LogP contribution in [0.15, 0.2) is 11.6 Å². The first-order valence-corrected chi connectivity index (χ1v) is 8.08. The maximum absolute atomic E-state index is 8.93. The molecule has 0 aromatic rings. The highest BCUT2D eigenvalue weighted by atomic mass is 28.4. The van der Waals surface area contributed by atoms with Crippen molar-refractivity contribution in [2.75, 3.05) is 0 Å². The van der Waals surface area contributed by atoms with Gasteiger partial charge in [0.05, 0.1) is 6.07 Å². The molecule has 0 fully saturated rings. The lowest BCUT2D eigenvalue weighted by Gasteiger charge is -2.22. The maximum atomic E-state index is 8.93. The maximum Gasteiger partial charge on any atom is 0.185 e. The topological polar surface area (TPSA) is 33.0 Å². The summed E-state index contributed by atoms with van der Waals surface area (Å²) in [7, 11) is -1.60. The Morgan fingerprint density at radius 1 is 1.54 bits per heavy atom. The lowest BCUT2D eigenvalue weighted by Crippen LogP contribution is -2.32. The van der Waals surface area contributed by atoms with Crippen LogP contribution >= 0.6 is 0 Å². The van der Waals surface area contributed by atoms with Crippen LogP contribution in [0.5, 0.6) is 0 Å². The van der Waals surface area contributed by atoms with Crippen molar-refractivity contribution in [3.05, 3.63) is 11.6 Å². The Bertz CT molecular complexity index is 222. The SMILES string of the molecule is C/C=C(\CC)[C@H](C#N)O[Si](C)(C)C. The molecule has 0 N–H and O–H groups in total. The Kier molecular flexibility index (Phi) is 4.97. The molecule has 0 bridgehead atoms. The van der Waals surface area contributed by atoms with Crippen molar-refractivity contribution >= 4 is 8.32 Å². The number of nitrogens with zero attached hydrogens (tertiary/aromatic N) is 1. The number of allylic oxidation sites excluding steroid dienone is 1. The van der Waals surface area contributed by atoms with E-state index in [4.69, 9.17) is 9.69 Å². The lowest BCUT2D eigenvalue weighted by molar-refractivity contribution is 0.280. The number of hydrogen-bond acceptors (Lipinski definition) is 2. The first-order chi connectivity index (χ1) is 5.94. The predicted octanol–water partition coefficient (Wildman–Crippen LogP) is 3.09. The van der Waals surface area contributed by atoms with Crippen molar-refractivity contribution in [1.29, 1.82) is 5.26 Å². The molecule has 2 nitrogen and oxygen atoms in total. The Morgan fingerprint density at radius 2 is 2.08 bits per heavy atom. The van der Waals surface area contributed by atoms with Gasteiger partial charge in [-0.05, 0) is 38.6 Å². The van der Waals surface area contributed by atoms with Crippen molar-refractivity contribution in [2.24, 2.45) is 0 Å². The van der Waals surface area contributed by atoms with Crippen LogP contribution in [0.2, 0.25) is 19.6 Å². The van der Waals surface area contributed by atoms with Gasteiger partial charge in [-0.25, -0.2) is 0 Å². The van der Waals surface area contributed by atoms with Crippen LogP contribution in [0.1, 0.15) is 20.3 Å². The molecule has 0 aliphatic heterocycles. The molecule has 0 radical (unpaired) electrons. The van der Waals surface area contributed by atoms with E-state index in [2.05, 4.69) is 25.7 Å². The molecule has 0 spiro atoms. The lowest BCUT2D eigenvalue weighted by atomic mass is 10.1. The molecule has 0 aromatic carbocycles. The van der Waals surface area contributed by atoms with E-state index >= 15 is 0 Å². The summed E-state index contributed by atoms with van der Waals surface area (Å²) < 4.78 is 5.74. The average Bonchev–Trinajstić information content (AvgIpc) is 2.02. The van der Waals surface area contributed by atoms with Gasteiger partial charge in [-0.3, -0.25) is 0 Å². The molecule has 1 atom stereocenters. The Labute approximate surface area is 82.3 Å². The molecular formula is C10H19NOSi. The molecule has 0 aliphatic carbocycles. The Balaban J connectivity index is 4.46. The second-order valence-corrected chi connectivity index (χ2v) is 8.42. The predicted molar refractivity (Wildman–Crippen MR) is 57.9 cm³/mol. The van der Waals surface area contributed by atoms with Gasteiger partial charge >= 0.3 is 0 Å². The van der Waals surface area contributed by atoms with Gasteiger partial charge in [0.25, 0.3) is 0 Å². The van der Waals surface area contributed by atoms with Crippen molar-refractivity contribution in [1.82, 2.24) is 0 Å². The molecule has 0 aliphatic rings. The average molecular weight is 197 g/mol. The molecule has 0 rings (SSSR count). The van der Waals surface area contributed by atoms with Crippen LogP contribution in [-0.4, -0.2) is 14.4 Å². The number of rotatable bonds is 4. The van der Waals surface area contributed by atoms with Gasteiger partial charge in [0.2, 0.25) is 0 Å². The highest BCUT2D eigenvalue weighted by molar-refractivity contribution is 6.69. The second-order valence-electron chi connectivity index (χ2n) is 3.96. The Hall–Kier alpha value is -0.593. The van der Waals surface area contributed by atoms with Crippen LogP contribution in [0.4, 0.5) is 0 Å². The number of hydrogen-bond donors (Lipinski definition) is 0. The van der Waals surface area contributed by atoms with Gasteiger partial charge in [-0.2, -0.15) is 5.26 Å². The largest absolute Gasteiger partial charge is 0.399 e. The molecule has 3 heteroatoms. The molecule has 0 amide bonds. The molecule has 13 heavy (non-hydrogen) atoms. The number of nitriles is 1. The standard InChI is InChI=1S/C10H19NOSi/c1-6-9(7-2)10(8-11)12-13(3,4)5/h6,10H,7H2,1-5H3/b9-6+/t10-/m0/s1. The minimum atomic E-state index is -1.60. The van der Waals surface area contributed by atoms with Crippen molar-refractivity contribution in [3.63, 3.8) is 0 Å². The fourth-order valence-corrected chi connectivity index (χ4v) is 1.99. The van der Waals surface area contributed by atoms with Crippen LogP contribution in [-0.2, 0) is 4.43 Å². The van der Waals surface area contributed by atoms with Gasteiger partial charge in [-0.15, -0.1) is 0 Å². The van der Waals surface area contributed by atoms with E-state index in [1.54, 1.807) is 0 Å². The summed E-state index contributed by atoms with van der Waals surface area (Å²) in [6, 6.07) is 2.20. The summed E-state index contributed by atoms with van der Waals surface area (Å²) in [5.41, 5.74) is 1.09. The van der Waals surface area contributed by atoms with Crippen LogP contribution < -0.4 is 0 Å². The van der Waals surface area contributed by atoms with Crippen LogP contribution in [0.3, 0.4) is 0 Å². The molecule has 0 unspecified atom stereocenters. The fraction of sp³-hybridized carbons (Fsp3) is 0.700. The van der Waals surface area contributed by atoms with E-state index in [-0.39, 0.29) is 6.10 Å². The normalized spacial score (nSPS) is 15.2. The van der Waals surface area contributed by atoms with Gasteiger partial charge in [0, 0.05) is 0 Å². The zero-order valence-corrected chi connectivity index (χ0v) is 10.2. The quantitative estimate of drug-likeness (QED) is 0.512. The minimum absolute atomic E-state index is 0.332. The van der Waals surface area contributed by atoms with Crippen molar-refractivity contribution < 1.29 is 4.43 Å². The van der Waals surface area contributed by atoms with Gasteiger partial charge in [0.1, 0.15) is 0 Å². The summed E-state index contributed by atoms with van der Waals surface area (Å²) in [6.07, 6.45) is 2.54. The third-order valence-electron chi connectivity index (χ3n) is 1.70. The summed E-state index contributed by atoms with van der Waals surface area (Å²) >= 11 is 0. The third-order valence-corrected chi connectivity index (χ3v) is 2.65. The van der Waals surface area contributed by atoms with E-state index in [1.807, 2.05) is 19.9 Å². The molecule has 0 saturated carbocycles. The molecular weight excluding hydrogens is 178 g/mol. The fourth-order valence-electron chi connectivity index (χ4n) is 1.08. The van der Waals surface area contributed by atoms with Crippen molar-refractivity contribution in [3.8, 4) is 6.07 Å². The molecule has 74 valence electrons. The van der Waals surface area contributed by atoms with Gasteiger partial charge < -0.3 is 4.43 Å². The highest BCUT2D eigenvalue weighted by Gasteiger charge is 2.22. The van der Waals surface area contributed by atoms with E-state index < -0.39 is 8.32 Å². The summed E-state index contributed by atoms with van der Waals surface area (Å²) in [5.74, 6) is 0. The van der Waals surface area contributed by atoms with Gasteiger partial charge in [0.15, 0.2) is 14.4 Å². The monoisotopic (exact) mass is 197 g/mol. The third kappa shape index (κ3) is 4.86. The summed E-state index contributed by atoms with van der Waals surface area (Å²) in [6.45, 7) is 10.3. The first-order valence-electron chi connectivity index (χ1n) is 4.67. The minimum Gasteiger partial charge on any atom is -0.399 e.